The van der Waals surface area contributed by atoms with E-state index in [0.29, 0.717) is 23.4 Å². The van der Waals surface area contributed by atoms with Crippen molar-refractivity contribution < 1.29 is 14.0 Å². The zero-order valence-electron chi connectivity index (χ0n) is 16.1. The molecule has 4 aromatic carbocycles. The summed E-state index contributed by atoms with van der Waals surface area (Å²) < 4.78 is 13.0. The van der Waals surface area contributed by atoms with Crippen LogP contribution in [0.25, 0.3) is 10.8 Å². The number of anilines is 1. The zero-order chi connectivity index (χ0) is 20.9. The van der Waals surface area contributed by atoms with E-state index >= 15 is 0 Å². The van der Waals surface area contributed by atoms with Crippen LogP contribution in [0.2, 0.25) is 0 Å². The number of fused-ring (bicyclic) bond motifs is 1. The van der Waals surface area contributed by atoms with Crippen molar-refractivity contribution in [2.24, 2.45) is 0 Å². The van der Waals surface area contributed by atoms with Gasteiger partial charge in [-0.1, -0.05) is 48.5 Å². The van der Waals surface area contributed by atoms with Crippen molar-refractivity contribution in [2.45, 2.75) is 6.54 Å². The molecular weight excluding hydrogens is 379 g/mol. The molecule has 0 radical (unpaired) electrons. The lowest BCUT2D eigenvalue weighted by Gasteiger charge is -2.10. The minimum atomic E-state index is -0.393. The van der Waals surface area contributed by atoms with E-state index in [0.717, 1.165) is 16.3 Å². The van der Waals surface area contributed by atoms with Gasteiger partial charge in [-0.2, -0.15) is 0 Å². The molecule has 0 heterocycles. The van der Waals surface area contributed by atoms with Gasteiger partial charge in [-0.25, -0.2) is 4.39 Å². The fourth-order valence-corrected chi connectivity index (χ4v) is 3.26. The Hall–Kier alpha value is -3.99. The summed E-state index contributed by atoms with van der Waals surface area (Å²) in [6.45, 7) is 0.322. The molecule has 4 aromatic rings. The molecule has 0 atom stereocenters. The molecule has 148 valence electrons. The van der Waals surface area contributed by atoms with Crippen LogP contribution in [0.15, 0.2) is 91.0 Å². The maximum Gasteiger partial charge on any atom is 0.255 e. The molecule has 0 aliphatic rings. The van der Waals surface area contributed by atoms with Crippen LogP contribution in [-0.2, 0) is 6.54 Å². The predicted octanol–water partition coefficient (Wildman–Crippen LogP) is 5.16. The lowest BCUT2D eigenvalue weighted by molar-refractivity contribution is 0.0951. The van der Waals surface area contributed by atoms with E-state index in [1.54, 1.807) is 24.3 Å². The van der Waals surface area contributed by atoms with Gasteiger partial charge in [0.2, 0.25) is 0 Å². The Morgan fingerprint density at radius 1 is 0.767 bits per heavy atom. The van der Waals surface area contributed by atoms with E-state index in [4.69, 9.17) is 0 Å². The van der Waals surface area contributed by atoms with Gasteiger partial charge in [0.15, 0.2) is 0 Å². The van der Waals surface area contributed by atoms with E-state index in [1.165, 1.54) is 24.3 Å². The van der Waals surface area contributed by atoms with Crippen molar-refractivity contribution in [3.8, 4) is 0 Å². The topological polar surface area (TPSA) is 58.2 Å². The summed E-state index contributed by atoms with van der Waals surface area (Å²) >= 11 is 0. The second-order valence-corrected chi connectivity index (χ2v) is 6.87. The fraction of sp³-hybridized carbons (Fsp3) is 0.0400. The summed E-state index contributed by atoms with van der Waals surface area (Å²) in [6.07, 6.45) is 0. The number of benzene rings is 4. The molecule has 2 amide bonds. The Bertz CT molecular complexity index is 1210. The number of halogens is 1. The molecule has 0 aliphatic heterocycles. The lowest BCUT2D eigenvalue weighted by Crippen LogP contribution is -2.23. The summed E-state index contributed by atoms with van der Waals surface area (Å²) in [5.41, 5.74) is 2.43. The highest BCUT2D eigenvalue weighted by molar-refractivity contribution is 6.07. The molecule has 2 N–H and O–H groups in total. The van der Waals surface area contributed by atoms with Crippen molar-refractivity contribution in [3.05, 3.63) is 114 Å². The highest BCUT2D eigenvalue weighted by Gasteiger charge is 2.10. The van der Waals surface area contributed by atoms with Gasteiger partial charge < -0.3 is 10.6 Å². The largest absolute Gasteiger partial charge is 0.348 e. The van der Waals surface area contributed by atoms with Crippen LogP contribution < -0.4 is 10.6 Å². The van der Waals surface area contributed by atoms with Gasteiger partial charge in [0.1, 0.15) is 5.82 Å². The third-order valence-corrected chi connectivity index (χ3v) is 4.78. The van der Waals surface area contributed by atoms with Crippen LogP contribution in [0.5, 0.6) is 0 Å². The quantitative estimate of drug-likeness (QED) is 0.488. The molecule has 4 nitrogen and oxygen atoms in total. The number of carbonyl (C=O) groups excluding carboxylic acids is 2. The Balaban J connectivity index is 1.43. The summed E-state index contributed by atoms with van der Waals surface area (Å²) in [5.74, 6) is -0.880. The minimum absolute atomic E-state index is 0.160. The van der Waals surface area contributed by atoms with E-state index < -0.39 is 5.82 Å². The number of hydrogen-bond donors (Lipinski definition) is 2. The molecule has 0 bridgehead atoms. The van der Waals surface area contributed by atoms with Crippen LogP contribution in [0.4, 0.5) is 10.1 Å². The average Bonchev–Trinajstić information content (AvgIpc) is 2.78. The van der Waals surface area contributed by atoms with E-state index in [1.807, 2.05) is 42.5 Å². The molecule has 0 spiro atoms. The maximum atomic E-state index is 13.0. The molecule has 0 unspecified atom stereocenters. The Morgan fingerprint density at radius 3 is 2.33 bits per heavy atom. The van der Waals surface area contributed by atoms with Crippen LogP contribution in [0.3, 0.4) is 0 Å². The van der Waals surface area contributed by atoms with Crippen molar-refractivity contribution in [3.63, 3.8) is 0 Å². The second kappa shape index (κ2) is 8.57. The molecule has 4 rings (SSSR count). The number of nitrogens with one attached hydrogen (secondary N) is 2. The highest BCUT2D eigenvalue weighted by atomic mass is 19.1. The normalized spacial score (nSPS) is 10.6. The number of hydrogen-bond acceptors (Lipinski definition) is 2. The van der Waals surface area contributed by atoms with Crippen LogP contribution in [0.1, 0.15) is 26.3 Å². The zero-order valence-corrected chi connectivity index (χ0v) is 16.1. The van der Waals surface area contributed by atoms with Crippen LogP contribution in [0, 0.1) is 5.82 Å². The van der Waals surface area contributed by atoms with Crippen molar-refractivity contribution in [1.29, 1.82) is 0 Å². The smallest absolute Gasteiger partial charge is 0.255 e. The number of rotatable bonds is 5. The lowest BCUT2D eigenvalue weighted by atomic mass is 10.0. The van der Waals surface area contributed by atoms with Gasteiger partial charge in [-0.3, -0.25) is 9.59 Å². The second-order valence-electron chi connectivity index (χ2n) is 6.87. The van der Waals surface area contributed by atoms with Crippen molar-refractivity contribution >= 4 is 28.3 Å². The summed E-state index contributed by atoms with van der Waals surface area (Å²) in [6, 6.07) is 26.0. The van der Waals surface area contributed by atoms with Gasteiger partial charge in [-0.05, 0) is 58.8 Å². The Kier molecular flexibility index (Phi) is 5.52. The van der Waals surface area contributed by atoms with Crippen molar-refractivity contribution in [1.82, 2.24) is 5.32 Å². The molecule has 0 aromatic heterocycles. The third-order valence-electron chi connectivity index (χ3n) is 4.78. The molecule has 0 saturated heterocycles. The first-order valence-corrected chi connectivity index (χ1v) is 9.52. The van der Waals surface area contributed by atoms with Crippen LogP contribution in [-0.4, -0.2) is 11.8 Å². The molecule has 5 heteroatoms. The summed E-state index contributed by atoms with van der Waals surface area (Å²) in [7, 11) is 0. The Labute approximate surface area is 173 Å². The first-order valence-electron chi connectivity index (χ1n) is 9.52. The van der Waals surface area contributed by atoms with Crippen molar-refractivity contribution in [2.75, 3.05) is 5.32 Å². The van der Waals surface area contributed by atoms with Gasteiger partial charge in [0.05, 0.1) is 0 Å². The maximum absolute atomic E-state index is 13.0. The number of amides is 2. The van der Waals surface area contributed by atoms with E-state index in [2.05, 4.69) is 10.6 Å². The molecule has 0 aliphatic carbocycles. The summed E-state index contributed by atoms with van der Waals surface area (Å²) in [5, 5.41) is 7.63. The minimum Gasteiger partial charge on any atom is -0.348 e. The highest BCUT2D eigenvalue weighted by Crippen LogP contribution is 2.19. The van der Waals surface area contributed by atoms with E-state index in [9.17, 15) is 14.0 Å². The first-order chi connectivity index (χ1) is 14.6. The molecule has 0 saturated carbocycles. The van der Waals surface area contributed by atoms with Gasteiger partial charge in [-0.15, -0.1) is 0 Å². The SMILES string of the molecule is O=C(Nc1cccc(CNC(=O)c2cccc3ccccc23)c1)c1ccc(F)cc1. The molecule has 30 heavy (non-hydrogen) atoms. The Morgan fingerprint density at radius 2 is 1.50 bits per heavy atom. The van der Waals surface area contributed by atoms with Gasteiger partial charge in [0.25, 0.3) is 11.8 Å². The standard InChI is InChI=1S/C25H19FN2O2/c26-20-13-11-19(12-14-20)24(29)28-21-8-3-5-17(15-21)16-27-25(30)23-10-4-7-18-6-1-2-9-22(18)23/h1-15H,16H2,(H,27,30)(H,28,29). The van der Waals surface area contributed by atoms with Gasteiger partial charge in [0, 0.05) is 23.4 Å². The third kappa shape index (κ3) is 4.36. The monoisotopic (exact) mass is 398 g/mol. The fourth-order valence-electron chi connectivity index (χ4n) is 3.26. The molecular formula is C25H19FN2O2. The van der Waals surface area contributed by atoms with E-state index in [-0.39, 0.29) is 11.8 Å². The summed E-state index contributed by atoms with van der Waals surface area (Å²) in [4.78, 5) is 25.0. The molecule has 0 fully saturated rings. The first kappa shape index (κ1) is 19.3. The van der Waals surface area contributed by atoms with Gasteiger partial charge >= 0.3 is 0 Å². The average molecular weight is 398 g/mol. The number of carbonyl (C=O) groups is 2. The predicted molar refractivity (Wildman–Crippen MR) is 116 cm³/mol. The van der Waals surface area contributed by atoms with Crippen LogP contribution >= 0.6 is 0 Å².